The zero-order valence-electron chi connectivity index (χ0n) is 20.0. The van der Waals surface area contributed by atoms with E-state index in [1.165, 1.54) is 0 Å². The number of aliphatic hydroxyl groups excluding tert-OH is 1. The van der Waals surface area contributed by atoms with Crippen LogP contribution in [0.25, 0.3) is 17.0 Å². The number of nitrogens with zero attached hydrogens (tertiary/aromatic N) is 1. The van der Waals surface area contributed by atoms with Crippen LogP contribution < -0.4 is 10.6 Å². The number of aliphatic hydroxyl groups is 1. The van der Waals surface area contributed by atoms with E-state index in [0.717, 1.165) is 20.4 Å². The first-order valence-corrected chi connectivity index (χ1v) is 12.7. The molecule has 0 saturated heterocycles. The number of carbonyl (C=O) groups is 3. The van der Waals surface area contributed by atoms with E-state index >= 15 is 0 Å². The summed E-state index contributed by atoms with van der Waals surface area (Å²) < 4.78 is 6.30. The third-order valence-corrected chi connectivity index (χ3v) is 7.67. The van der Waals surface area contributed by atoms with Crippen molar-refractivity contribution in [1.82, 2.24) is 10.2 Å². The van der Waals surface area contributed by atoms with Crippen LogP contribution in [0.3, 0.4) is 0 Å². The lowest BCUT2D eigenvalue weighted by atomic mass is 9.91. The van der Waals surface area contributed by atoms with Crippen LogP contribution in [0.15, 0.2) is 98.4 Å². The third kappa shape index (κ3) is 4.82. The second kappa shape index (κ2) is 10.2. The topological polar surface area (TPSA) is 132 Å². The Balaban J connectivity index is 1.27. The molecule has 0 radical (unpaired) electrons. The van der Waals surface area contributed by atoms with Gasteiger partial charge in [-0.15, -0.1) is 0 Å². The third-order valence-electron chi connectivity index (χ3n) is 6.44. The highest BCUT2D eigenvalue weighted by molar-refractivity contribution is 14.1. The van der Waals surface area contributed by atoms with Crippen molar-refractivity contribution in [2.45, 2.75) is 6.04 Å². The van der Waals surface area contributed by atoms with Gasteiger partial charge in [0.15, 0.2) is 0 Å². The maximum absolute atomic E-state index is 12.7. The molecule has 3 amide bonds. The smallest absolute Gasteiger partial charge is 0.339 e. The molecule has 2 aliphatic rings. The molecule has 0 saturated carbocycles. The van der Waals surface area contributed by atoms with E-state index in [-0.39, 0.29) is 23.3 Å². The Morgan fingerprint density at radius 1 is 1.00 bits per heavy atom. The van der Waals surface area contributed by atoms with Crippen LogP contribution in [0.1, 0.15) is 15.9 Å². The average Bonchev–Trinajstić information content (AvgIpc) is 3.51. The van der Waals surface area contributed by atoms with Crippen molar-refractivity contribution >= 4 is 51.9 Å². The van der Waals surface area contributed by atoms with E-state index in [9.17, 15) is 24.6 Å². The summed E-state index contributed by atoms with van der Waals surface area (Å²) in [6.45, 7) is 0. The van der Waals surface area contributed by atoms with Crippen LogP contribution in [0.4, 0.5) is 10.5 Å². The summed E-state index contributed by atoms with van der Waals surface area (Å²) in [5.74, 6) is -1.55. The van der Waals surface area contributed by atoms with Gasteiger partial charge in [-0.05, 0) is 70.6 Å². The van der Waals surface area contributed by atoms with Crippen molar-refractivity contribution in [1.29, 1.82) is 0 Å². The molecule has 192 valence electrons. The van der Waals surface area contributed by atoms with Gasteiger partial charge in [0.25, 0.3) is 5.91 Å². The van der Waals surface area contributed by atoms with E-state index < -0.39 is 17.9 Å². The number of hydrogen-bond acceptors (Lipinski definition) is 6. The fourth-order valence-corrected chi connectivity index (χ4v) is 5.84. The molecule has 38 heavy (non-hydrogen) atoms. The quantitative estimate of drug-likeness (QED) is 0.280. The SMILES string of the molecule is CN1C(c2ccc(C(=O)NC(=O)Nc3cccc(-c4ccco4)c3)cc2)=C(I)C2C=C(C(=O)O)C(O)=CC21. The number of anilines is 1. The maximum Gasteiger partial charge on any atom is 0.339 e. The summed E-state index contributed by atoms with van der Waals surface area (Å²) >= 11 is 2.19. The lowest BCUT2D eigenvalue weighted by molar-refractivity contribution is -0.132. The molecule has 2 atom stereocenters. The van der Waals surface area contributed by atoms with Crippen LogP contribution in [0.2, 0.25) is 0 Å². The molecule has 2 heterocycles. The molecule has 9 nitrogen and oxygen atoms in total. The zero-order chi connectivity index (χ0) is 27.0. The summed E-state index contributed by atoms with van der Waals surface area (Å²) in [6.07, 6.45) is 4.68. The number of carboxylic acid groups (broad SMARTS) is 1. The highest BCUT2D eigenvalue weighted by atomic mass is 127. The minimum atomic E-state index is -1.18. The number of carboxylic acids is 1. The summed E-state index contributed by atoms with van der Waals surface area (Å²) in [7, 11) is 1.87. The first-order chi connectivity index (χ1) is 18.2. The Morgan fingerprint density at radius 3 is 2.45 bits per heavy atom. The largest absolute Gasteiger partial charge is 0.507 e. The van der Waals surface area contributed by atoms with Gasteiger partial charge in [0.1, 0.15) is 11.5 Å². The molecule has 1 aliphatic carbocycles. The lowest BCUT2D eigenvalue weighted by Gasteiger charge is -2.28. The first-order valence-electron chi connectivity index (χ1n) is 11.6. The summed E-state index contributed by atoms with van der Waals surface area (Å²) in [5, 5.41) is 24.5. The number of rotatable bonds is 5. The van der Waals surface area contributed by atoms with Crippen LogP contribution >= 0.6 is 22.6 Å². The molecule has 10 heteroatoms. The molecular weight excluding hydrogens is 601 g/mol. The number of benzene rings is 2. The van der Waals surface area contributed by atoms with Gasteiger partial charge in [-0.25, -0.2) is 9.59 Å². The number of imide groups is 1. The van der Waals surface area contributed by atoms with Crippen molar-refractivity contribution in [2.24, 2.45) is 5.92 Å². The van der Waals surface area contributed by atoms with Gasteiger partial charge in [-0.1, -0.05) is 30.3 Å². The van der Waals surface area contributed by atoms with E-state index in [2.05, 4.69) is 33.2 Å². The fraction of sp³-hybridized carbons (Fsp3) is 0.107. The normalized spacial score (nSPS) is 18.4. The van der Waals surface area contributed by atoms with E-state index in [0.29, 0.717) is 17.0 Å². The van der Waals surface area contributed by atoms with Gasteiger partial charge in [-0.3, -0.25) is 10.1 Å². The lowest BCUT2D eigenvalue weighted by Crippen LogP contribution is -2.34. The molecule has 5 rings (SSSR count). The minimum absolute atomic E-state index is 0.118. The number of halogens is 1. The van der Waals surface area contributed by atoms with Gasteiger partial charge in [0, 0.05) is 33.4 Å². The Bertz CT molecular complexity index is 1520. The predicted octanol–water partition coefficient (Wildman–Crippen LogP) is 5.41. The highest BCUT2D eigenvalue weighted by Gasteiger charge is 2.40. The van der Waals surface area contributed by atoms with Crippen molar-refractivity contribution in [3.05, 3.63) is 105 Å². The number of nitrogens with one attached hydrogen (secondary N) is 2. The molecule has 2 aromatic carbocycles. The maximum atomic E-state index is 12.7. The van der Waals surface area contributed by atoms with Crippen molar-refractivity contribution in [3.63, 3.8) is 0 Å². The molecule has 0 fully saturated rings. The van der Waals surface area contributed by atoms with Gasteiger partial charge >= 0.3 is 12.0 Å². The van der Waals surface area contributed by atoms with Gasteiger partial charge in [-0.2, -0.15) is 0 Å². The van der Waals surface area contributed by atoms with Gasteiger partial charge in [0.2, 0.25) is 0 Å². The molecule has 1 aromatic heterocycles. The van der Waals surface area contributed by atoms with Gasteiger partial charge in [0.05, 0.1) is 23.6 Å². The summed E-state index contributed by atoms with van der Waals surface area (Å²) in [4.78, 5) is 38.6. The molecule has 0 spiro atoms. The standard InChI is InChI=1S/C28H22IN3O6/c1-32-21-14-22(33)20(27(35)36)13-19(21)24(29)25(32)15-7-9-16(10-8-15)26(34)31-28(37)30-18-5-2-4-17(12-18)23-6-3-11-38-23/h2-14,19,21,33H,1H3,(H,35,36)(H2,30,31,34,37). The molecular formula is C28H22IN3O6. The van der Waals surface area contributed by atoms with Crippen LogP contribution in [-0.4, -0.2) is 46.1 Å². The van der Waals surface area contributed by atoms with E-state index in [1.54, 1.807) is 66.9 Å². The molecule has 1 aliphatic heterocycles. The minimum Gasteiger partial charge on any atom is -0.507 e. The Kier molecular flexibility index (Phi) is 6.81. The number of aliphatic carboxylic acids is 1. The Morgan fingerprint density at radius 2 is 1.76 bits per heavy atom. The van der Waals surface area contributed by atoms with Crippen LogP contribution in [0.5, 0.6) is 0 Å². The Labute approximate surface area is 231 Å². The van der Waals surface area contributed by atoms with Gasteiger partial charge < -0.3 is 24.8 Å². The van der Waals surface area contributed by atoms with E-state index in [4.69, 9.17) is 4.42 Å². The number of urea groups is 1. The summed E-state index contributed by atoms with van der Waals surface area (Å²) in [5.41, 5.74) is 3.16. The molecule has 0 bridgehead atoms. The van der Waals surface area contributed by atoms with Crippen molar-refractivity contribution in [3.8, 4) is 11.3 Å². The average molecular weight is 623 g/mol. The molecule has 3 aromatic rings. The van der Waals surface area contributed by atoms with Crippen LogP contribution in [0, 0.1) is 5.92 Å². The number of hydrogen-bond donors (Lipinski definition) is 4. The second-order valence-corrected chi connectivity index (χ2v) is 9.97. The van der Waals surface area contributed by atoms with E-state index in [1.807, 2.05) is 24.1 Å². The van der Waals surface area contributed by atoms with Crippen LogP contribution in [-0.2, 0) is 4.79 Å². The number of amides is 3. The number of fused-ring (bicyclic) bond motifs is 1. The monoisotopic (exact) mass is 623 g/mol. The summed E-state index contributed by atoms with van der Waals surface area (Å²) in [6, 6.07) is 16.5. The fourth-order valence-electron chi connectivity index (χ4n) is 4.60. The molecule has 2 unspecified atom stereocenters. The highest BCUT2D eigenvalue weighted by Crippen LogP contribution is 2.46. The van der Waals surface area contributed by atoms with Crippen molar-refractivity contribution < 1.29 is 29.0 Å². The first kappa shape index (κ1) is 25.3. The molecule has 4 N–H and O–H groups in total. The number of carbonyl (C=O) groups excluding carboxylic acids is 2. The zero-order valence-corrected chi connectivity index (χ0v) is 22.2. The number of furan rings is 1. The second-order valence-electron chi connectivity index (χ2n) is 8.80. The van der Waals surface area contributed by atoms with Crippen molar-refractivity contribution in [2.75, 3.05) is 12.4 Å². The predicted molar refractivity (Wildman–Crippen MR) is 149 cm³/mol. The number of likely N-dealkylation sites (N-methyl/N-ethyl adjacent to an activating group) is 1. The Hall–Kier alpha value is -4.32.